The maximum atomic E-state index is 4.40. The monoisotopic (exact) mass is 288 g/mol. The smallest absolute Gasteiger partial charge is 0.134 e. The topological polar surface area (TPSA) is 67.7 Å². The summed E-state index contributed by atoms with van der Waals surface area (Å²) in [5.74, 6) is 1.85. The summed E-state index contributed by atoms with van der Waals surface area (Å²) >= 11 is 0. The minimum absolute atomic E-state index is 0.262. The van der Waals surface area contributed by atoms with Crippen LogP contribution in [0.25, 0.3) is 0 Å². The summed E-state index contributed by atoms with van der Waals surface area (Å²) < 4.78 is 2.06. The summed E-state index contributed by atoms with van der Waals surface area (Å²) in [5.41, 5.74) is 1.14. The van der Waals surface area contributed by atoms with E-state index in [2.05, 4.69) is 50.9 Å². The van der Waals surface area contributed by atoms with E-state index in [4.69, 9.17) is 0 Å². The Morgan fingerprint density at radius 3 is 2.71 bits per heavy atom. The number of nitrogens with one attached hydrogen (secondary N) is 2. The number of hydrogen-bond donors (Lipinski definition) is 2. The number of hydrogen-bond acceptors (Lipinski definition) is 5. The van der Waals surface area contributed by atoms with Crippen LogP contribution < -0.4 is 10.6 Å². The number of aromatic nitrogens is 4. The highest BCUT2D eigenvalue weighted by Gasteiger charge is 2.12. The van der Waals surface area contributed by atoms with Gasteiger partial charge in [-0.15, -0.1) is 0 Å². The zero-order valence-corrected chi connectivity index (χ0v) is 13.0. The van der Waals surface area contributed by atoms with E-state index in [1.807, 2.05) is 12.5 Å². The average molecular weight is 288 g/mol. The van der Waals surface area contributed by atoms with E-state index in [-0.39, 0.29) is 6.04 Å². The molecular formula is C15H24N6. The fourth-order valence-corrected chi connectivity index (χ4v) is 2.26. The largest absolute Gasteiger partial charge is 0.370 e. The van der Waals surface area contributed by atoms with Crippen molar-refractivity contribution in [1.29, 1.82) is 0 Å². The Morgan fingerprint density at radius 2 is 2.05 bits per heavy atom. The van der Waals surface area contributed by atoms with Gasteiger partial charge in [-0.05, 0) is 19.8 Å². The van der Waals surface area contributed by atoms with Crippen LogP contribution in [0.3, 0.4) is 0 Å². The fraction of sp³-hybridized carbons (Fsp3) is 0.533. The Bertz CT molecular complexity index is 537. The van der Waals surface area contributed by atoms with E-state index in [9.17, 15) is 0 Å². The molecule has 0 aliphatic carbocycles. The molecule has 0 bridgehead atoms. The Kier molecular flexibility index (Phi) is 5.54. The number of anilines is 2. The van der Waals surface area contributed by atoms with Gasteiger partial charge in [-0.2, -0.15) is 0 Å². The lowest BCUT2D eigenvalue weighted by molar-refractivity contribution is 0.616. The summed E-state index contributed by atoms with van der Waals surface area (Å²) in [6.07, 6.45) is 9.17. The summed E-state index contributed by atoms with van der Waals surface area (Å²) in [4.78, 5) is 12.8. The third-order valence-corrected chi connectivity index (χ3v) is 3.27. The molecule has 114 valence electrons. The van der Waals surface area contributed by atoms with Crippen LogP contribution >= 0.6 is 0 Å². The van der Waals surface area contributed by atoms with Crippen LogP contribution in [0.5, 0.6) is 0 Å². The first-order chi connectivity index (χ1) is 10.2. The lowest BCUT2D eigenvalue weighted by atomic mass is 10.2. The standard InChI is InChI=1S/C15H24N6/c1-4-6-17-14-13(5-2)15(19-10-18-14)20-12(3)9-21-8-7-16-11-21/h7-8,10-12H,4-6,9H2,1-3H3,(H2,17,18,19,20). The van der Waals surface area contributed by atoms with Gasteiger partial charge in [0.1, 0.15) is 18.0 Å². The van der Waals surface area contributed by atoms with Crippen molar-refractivity contribution < 1.29 is 0 Å². The molecule has 0 aliphatic rings. The van der Waals surface area contributed by atoms with E-state index in [1.165, 1.54) is 0 Å². The molecule has 0 aliphatic heterocycles. The number of rotatable bonds is 8. The molecule has 2 aromatic rings. The Labute approximate surface area is 126 Å². The highest BCUT2D eigenvalue weighted by atomic mass is 15.1. The summed E-state index contributed by atoms with van der Waals surface area (Å²) in [5, 5.41) is 6.84. The summed E-state index contributed by atoms with van der Waals surface area (Å²) in [7, 11) is 0. The first-order valence-corrected chi connectivity index (χ1v) is 7.54. The molecule has 0 fully saturated rings. The van der Waals surface area contributed by atoms with Gasteiger partial charge in [0, 0.05) is 37.1 Å². The van der Waals surface area contributed by atoms with E-state index < -0.39 is 0 Å². The van der Waals surface area contributed by atoms with Crippen LogP contribution in [0.1, 0.15) is 32.8 Å². The highest BCUT2D eigenvalue weighted by molar-refractivity contribution is 5.57. The first-order valence-electron chi connectivity index (χ1n) is 7.54. The number of imidazole rings is 1. The van der Waals surface area contributed by atoms with Gasteiger partial charge in [-0.1, -0.05) is 13.8 Å². The molecule has 1 unspecified atom stereocenters. The molecule has 0 radical (unpaired) electrons. The van der Waals surface area contributed by atoms with Crippen LogP contribution in [0.15, 0.2) is 25.0 Å². The van der Waals surface area contributed by atoms with Crippen LogP contribution in [-0.4, -0.2) is 32.1 Å². The first kappa shape index (κ1) is 15.3. The molecule has 0 aromatic carbocycles. The second-order valence-corrected chi connectivity index (χ2v) is 5.13. The number of nitrogens with zero attached hydrogens (tertiary/aromatic N) is 4. The van der Waals surface area contributed by atoms with Crippen molar-refractivity contribution in [2.24, 2.45) is 0 Å². The minimum atomic E-state index is 0.262. The van der Waals surface area contributed by atoms with Gasteiger partial charge in [0.2, 0.25) is 0 Å². The van der Waals surface area contributed by atoms with Crippen LogP contribution in [0.4, 0.5) is 11.6 Å². The van der Waals surface area contributed by atoms with Crippen molar-refractivity contribution in [1.82, 2.24) is 19.5 Å². The molecule has 21 heavy (non-hydrogen) atoms. The van der Waals surface area contributed by atoms with Crippen LogP contribution in [0.2, 0.25) is 0 Å². The van der Waals surface area contributed by atoms with Gasteiger partial charge in [-0.25, -0.2) is 15.0 Å². The van der Waals surface area contributed by atoms with E-state index in [0.717, 1.165) is 43.1 Å². The third-order valence-electron chi connectivity index (χ3n) is 3.27. The average Bonchev–Trinajstić information content (AvgIpc) is 2.97. The Morgan fingerprint density at radius 1 is 1.24 bits per heavy atom. The lowest BCUT2D eigenvalue weighted by Gasteiger charge is -2.19. The van der Waals surface area contributed by atoms with Crippen molar-refractivity contribution in [2.75, 3.05) is 17.2 Å². The molecule has 2 N–H and O–H groups in total. The van der Waals surface area contributed by atoms with Gasteiger partial charge < -0.3 is 15.2 Å². The van der Waals surface area contributed by atoms with Crippen LogP contribution in [-0.2, 0) is 13.0 Å². The second-order valence-electron chi connectivity index (χ2n) is 5.13. The molecule has 2 rings (SSSR count). The normalized spacial score (nSPS) is 12.1. The van der Waals surface area contributed by atoms with Gasteiger partial charge >= 0.3 is 0 Å². The van der Waals surface area contributed by atoms with E-state index in [1.54, 1.807) is 12.5 Å². The van der Waals surface area contributed by atoms with E-state index >= 15 is 0 Å². The van der Waals surface area contributed by atoms with Crippen LogP contribution in [0, 0.1) is 0 Å². The molecule has 2 aromatic heterocycles. The zero-order chi connectivity index (χ0) is 15.1. The molecule has 0 amide bonds. The Hall–Kier alpha value is -2.11. The van der Waals surface area contributed by atoms with E-state index in [0.29, 0.717) is 0 Å². The molecule has 0 spiro atoms. The van der Waals surface area contributed by atoms with Gasteiger partial charge in [0.25, 0.3) is 0 Å². The van der Waals surface area contributed by atoms with Gasteiger partial charge in [0.15, 0.2) is 0 Å². The van der Waals surface area contributed by atoms with Crippen molar-refractivity contribution in [2.45, 2.75) is 46.2 Å². The fourth-order valence-electron chi connectivity index (χ4n) is 2.26. The lowest BCUT2D eigenvalue weighted by Crippen LogP contribution is -2.23. The predicted octanol–water partition coefficient (Wildman–Crippen LogP) is 2.56. The molecular weight excluding hydrogens is 264 g/mol. The second kappa shape index (κ2) is 7.61. The molecule has 6 heteroatoms. The van der Waals surface area contributed by atoms with Crippen molar-refractivity contribution >= 4 is 11.6 Å². The third kappa shape index (κ3) is 4.18. The van der Waals surface area contributed by atoms with Crippen molar-refractivity contribution in [3.8, 4) is 0 Å². The maximum Gasteiger partial charge on any atom is 0.134 e. The summed E-state index contributed by atoms with van der Waals surface area (Å²) in [6, 6.07) is 0.262. The van der Waals surface area contributed by atoms with Gasteiger partial charge in [0.05, 0.1) is 6.33 Å². The Balaban J connectivity index is 2.07. The SMILES string of the molecule is CCCNc1ncnc(NC(C)Cn2ccnc2)c1CC. The molecule has 0 saturated carbocycles. The summed E-state index contributed by atoms with van der Waals surface area (Å²) in [6.45, 7) is 8.19. The predicted molar refractivity (Wildman–Crippen MR) is 85.5 cm³/mol. The van der Waals surface area contributed by atoms with Gasteiger partial charge in [-0.3, -0.25) is 0 Å². The molecule has 6 nitrogen and oxygen atoms in total. The maximum absolute atomic E-state index is 4.40. The molecule has 1 atom stereocenters. The zero-order valence-electron chi connectivity index (χ0n) is 13.0. The van der Waals surface area contributed by atoms with Crippen molar-refractivity contribution in [3.05, 3.63) is 30.6 Å². The molecule has 2 heterocycles. The highest BCUT2D eigenvalue weighted by Crippen LogP contribution is 2.21. The molecule has 0 saturated heterocycles. The minimum Gasteiger partial charge on any atom is -0.370 e. The van der Waals surface area contributed by atoms with Crippen molar-refractivity contribution in [3.63, 3.8) is 0 Å². The quantitative estimate of drug-likeness (QED) is 0.781.